The van der Waals surface area contributed by atoms with Gasteiger partial charge < -0.3 is 5.32 Å². The van der Waals surface area contributed by atoms with Gasteiger partial charge in [0.15, 0.2) is 11.3 Å². The Morgan fingerprint density at radius 1 is 0.891 bits per heavy atom. The molecular weight excluding hydrogens is 568 g/mol. The second-order valence-electron chi connectivity index (χ2n) is 13.5. The number of likely N-dealkylation sites (tertiary alicyclic amines) is 1. The number of aryl methyl sites for hydroxylation is 1. The van der Waals surface area contributed by atoms with Gasteiger partial charge in [-0.05, 0) is 60.1 Å². The number of benzene rings is 3. The van der Waals surface area contributed by atoms with E-state index in [4.69, 9.17) is 4.98 Å². The van der Waals surface area contributed by atoms with E-state index in [-0.39, 0.29) is 17.4 Å². The molecule has 1 aliphatic rings. The Kier molecular flexibility index (Phi) is 7.87. The lowest BCUT2D eigenvalue weighted by Crippen LogP contribution is -2.44. The summed E-state index contributed by atoms with van der Waals surface area (Å²) in [7, 11) is 0. The van der Waals surface area contributed by atoms with Crippen molar-refractivity contribution < 1.29 is 4.79 Å². The summed E-state index contributed by atoms with van der Waals surface area (Å²) in [5.41, 5.74) is 9.99. The van der Waals surface area contributed by atoms with Crippen molar-refractivity contribution in [2.45, 2.75) is 58.5 Å². The zero-order valence-electron chi connectivity index (χ0n) is 27.0. The van der Waals surface area contributed by atoms with Crippen molar-refractivity contribution in [3.8, 4) is 22.4 Å². The van der Waals surface area contributed by atoms with Crippen LogP contribution in [0.1, 0.15) is 60.8 Å². The highest BCUT2D eigenvalue weighted by Gasteiger charge is 2.22. The van der Waals surface area contributed by atoms with Gasteiger partial charge in [0.05, 0.1) is 11.4 Å². The van der Waals surface area contributed by atoms with Gasteiger partial charge in [-0.2, -0.15) is 9.61 Å². The number of hydrogen-bond acceptors (Lipinski definition) is 5. The third-order valence-electron chi connectivity index (χ3n) is 9.03. The van der Waals surface area contributed by atoms with Gasteiger partial charge in [0.25, 0.3) is 5.91 Å². The molecule has 3 aromatic carbocycles. The summed E-state index contributed by atoms with van der Waals surface area (Å²) in [5, 5.41) is 8.88. The second kappa shape index (κ2) is 12.1. The van der Waals surface area contributed by atoms with E-state index >= 15 is 0 Å². The molecule has 6 aromatic rings. The van der Waals surface area contributed by atoms with Crippen LogP contribution in [0.25, 0.3) is 39.1 Å². The molecular formula is C39H40N6O. The summed E-state index contributed by atoms with van der Waals surface area (Å²) in [5.74, 6) is 0.0198. The normalized spacial score (nSPS) is 14.6. The number of aromatic nitrogens is 4. The number of amides is 1. The van der Waals surface area contributed by atoms with Crippen molar-refractivity contribution >= 4 is 22.6 Å². The van der Waals surface area contributed by atoms with E-state index < -0.39 is 0 Å². The number of pyridine rings is 1. The Labute approximate surface area is 270 Å². The molecule has 1 N–H and O–H groups in total. The van der Waals surface area contributed by atoms with Gasteiger partial charge in [0.2, 0.25) is 0 Å². The lowest BCUT2D eigenvalue weighted by Gasteiger charge is -2.32. The molecule has 1 aliphatic heterocycles. The molecule has 1 saturated heterocycles. The van der Waals surface area contributed by atoms with E-state index in [1.807, 2.05) is 41.9 Å². The van der Waals surface area contributed by atoms with Crippen LogP contribution in [0.3, 0.4) is 0 Å². The fraction of sp³-hybridized carbons (Fsp3) is 0.282. The fourth-order valence-corrected chi connectivity index (χ4v) is 6.36. The van der Waals surface area contributed by atoms with Crippen molar-refractivity contribution in [3.05, 3.63) is 120 Å². The van der Waals surface area contributed by atoms with Crippen LogP contribution in [0.2, 0.25) is 0 Å². The van der Waals surface area contributed by atoms with Gasteiger partial charge in [-0.1, -0.05) is 87.5 Å². The maximum Gasteiger partial charge on any atom is 0.251 e. The molecule has 4 heterocycles. The zero-order chi connectivity index (χ0) is 31.8. The molecule has 232 valence electrons. The largest absolute Gasteiger partial charge is 0.349 e. The lowest BCUT2D eigenvalue weighted by atomic mass is 9.86. The van der Waals surface area contributed by atoms with Crippen LogP contribution < -0.4 is 5.32 Å². The number of carbonyl (C=O) groups excluding carboxylic acids is 1. The number of nitrogens with zero attached hydrogens (tertiary/aromatic N) is 5. The van der Waals surface area contributed by atoms with Crippen molar-refractivity contribution in [1.82, 2.24) is 29.8 Å². The van der Waals surface area contributed by atoms with E-state index in [2.05, 4.69) is 108 Å². The summed E-state index contributed by atoms with van der Waals surface area (Å²) >= 11 is 0. The monoisotopic (exact) mass is 608 g/mol. The minimum absolute atomic E-state index is 0.0198. The molecule has 1 amide bonds. The van der Waals surface area contributed by atoms with Gasteiger partial charge in [-0.25, -0.2) is 9.97 Å². The molecule has 7 rings (SSSR count). The molecule has 7 heteroatoms. The molecule has 7 nitrogen and oxygen atoms in total. The average Bonchev–Trinajstić information content (AvgIpc) is 3.46. The Balaban J connectivity index is 1.04. The zero-order valence-corrected chi connectivity index (χ0v) is 27.0. The van der Waals surface area contributed by atoms with Crippen molar-refractivity contribution in [3.63, 3.8) is 0 Å². The molecule has 0 spiro atoms. The van der Waals surface area contributed by atoms with E-state index in [9.17, 15) is 4.79 Å². The van der Waals surface area contributed by atoms with Crippen LogP contribution in [0.4, 0.5) is 0 Å². The molecule has 0 unspecified atom stereocenters. The number of piperidine rings is 1. The highest BCUT2D eigenvalue weighted by molar-refractivity contribution is 5.94. The summed E-state index contributed by atoms with van der Waals surface area (Å²) in [6.45, 7) is 11.3. The molecule has 0 radical (unpaired) electrons. The fourth-order valence-electron chi connectivity index (χ4n) is 6.36. The Hall–Kier alpha value is -4.88. The third kappa shape index (κ3) is 6.15. The van der Waals surface area contributed by atoms with Crippen LogP contribution in [0.5, 0.6) is 0 Å². The summed E-state index contributed by atoms with van der Waals surface area (Å²) < 4.78 is 1.84. The number of nitrogens with one attached hydrogen (secondary N) is 1. The predicted octanol–water partition coefficient (Wildman–Crippen LogP) is 7.61. The molecule has 1 fully saturated rings. The Morgan fingerprint density at radius 2 is 1.61 bits per heavy atom. The quantitative estimate of drug-likeness (QED) is 0.211. The first-order valence-corrected chi connectivity index (χ1v) is 16.2. The van der Waals surface area contributed by atoms with Gasteiger partial charge in [-0.15, -0.1) is 0 Å². The number of carbonyl (C=O) groups is 1. The van der Waals surface area contributed by atoms with Crippen molar-refractivity contribution in [2.24, 2.45) is 0 Å². The summed E-state index contributed by atoms with van der Waals surface area (Å²) in [6.07, 6.45) is 3.78. The molecule has 46 heavy (non-hydrogen) atoms. The van der Waals surface area contributed by atoms with Crippen molar-refractivity contribution in [1.29, 1.82) is 0 Å². The van der Waals surface area contributed by atoms with E-state index in [1.165, 1.54) is 11.1 Å². The molecule has 3 aromatic heterocycles. The summed E-state index contributed by atoms with van der Waals surface area (Å²) in [4.78, 5) is 25.2. The van der Waals surface area contributed by atoms with Gasteiger partial charge >= 0.3 is 0 Å². The van der Waals surface area contributed by atoms with Crippen LogP contribution in [-0.2, 0) is 12.0 Å². The highest BCUT2D eigenvalue weighted by Crippen LogP contribution is 2.34. The Bertz CT molecular complexity index is 2000. The van der Waals surface area contributed by atoms with Crippen LogP contribution in [-0.4, -0.2) is 49.5 Å². The second-order valence-corrected chi connectivity index (χ2v) is 13.5. The first-order chi connectivity index (χ1) is 22.2. The van der Waals surface area contributed by atoms with Gasteiger partial charge in [0, 0.05) is 60.0 Å². The minimum Gasteiger partial charge on any atom is -0.349 e. The molecule has 0 aliphatic carbocycles. The summed E-state index contributed by atoms with van der Waals surface area (Å²) in [6, 6.07) is 31.6. The number of rotatable bonds is 6. The maximum absolute atomic E-state index is 12.9. The Morgan fingerprint density at radius 3 is 2.30 bits per heavy atom. The maximum atomic E-state index is 12.9. The number of fused-ring (bicyclic) bond motifs is 3. The van der Waals surface area contributed by atoms with E-state index in [1.54, 1.807) is 0 Å². The predicted molar refractivity (Wildman–Crippen MR) is 185 cm³/mol. The smallest absolute Gasteiger partial charge is 0.251 e. The van der Waals surface area contributed by atoms with Crippen LogP contribution >= 0.6 is 0 Å². The van der Waals surface area contributed by atoms with Crippen molar-refractivity contribution in [2.75, 3.05) is 13.1 Å². The molecule has 0 atom stereocenters. The van der Waals surface area contributed by atoms with Crippen LogP contribution in [0, 0.1) is 6.92 Å². The van der Waals surface area contributed by atoms with E-state index in [0.29, 0.717) is 0 Å². The lowest BCUT2D eigenvalue weighted by molar-refractivity contribution is 0.0909. The van der Waals surface area contributed by atoms with E-state index in [0.717, 1.165) is 82.8 Å². The minimum atomic E-state index is 0.0198. The first-order valence-electron chi connectivity index (χ1n) is 16.2. The van der Waals surface area contributed by atoms with Gasteiger partial charge in [0.1, 0.15) is 0 Å². The first kappa shape index (κ1) is 29.8. The topological polar surface area (TPSA) is 75.4 Å². The standard InChI is InChI=1S/C39H40N6O/c1-26-22-35-40-24-31-23-34(28-8-6-5-7-9-28)36(42-37(31)45(35)43-26)29-12-10-27(11-13-29)25-44-20-18-33(19-21-44)41-38(46)30-14-16-32(17-15-30)39(2,3)4/h5-17,22-24,33H,18-21,25H2,1-4H3,(H,41,46). The van der Waals surface area contributed by atoms with Crippen LogP contribution in [0.15, 0.2) is 97.2 Å². The molecule has 0 bridgehead atoms. The SMILES string of the molecule is Cc1cc2ncc3cc(-c4ccccc4)c(-c4ccc(CN5CCC(NC(=O)c6ccc(C(C)(C)C)cc6)CC5)cc4)nc3n2n1. The number of hydrogen-bond donors (Lipinski definition) is 1. The van der Waals surface area contributed by atoms with Gasteiger partial charge in [-0.3, -0.25) is 9.69 Å². The highest BCUT2D eigenvalue weighted by atomic mass is 16.1. The average molecular weight is 609 g/mol. The third-order valence-corrected chi connectivity index (χ3v) is 9.03. The molecule has 0 saturated carbocycles.